The van der Waals surface area contributed by atoms with Crippen LogP contribution in [0, 0.1) is 0 Å². The molecule has 9 heteroatoms. The van der Waals surface area contributed by atoms with Crippen LogP contribution >= 0.6 is 0 Å². The summed E-state index contributed by atoms with van der Waals surface area (Å²) in [5.41, 5.74) is 1.08. The quantitative estimate of drug-likeness (QED) is 0.737. The number of carbonyl (C=O) groups is 2. The van der Waals surface area contributed by atoms with Gasteiger partial charge in [-0.2, -0.15) is 0 Å². The molecule has 2 aromatic carbocycles. The minimum atomic E-state index is -3.58. The second kappa shape index (κ2) is 7.99. The van der Waals surface area contributed by atoms with Crippen LogP contribution in [0.25, 0.3) is 0 Å². The van der Waals surface area contributed by atoms with E-state index in [1.807, 2.05) is 0 Å². The summed E-state index contributed by atoms with van der Waals surface area (Å²) in [6.45, 7) is -0.111. The molecule has 1 N–H and O–H groups in total. The number of esters is 1. The van der Waals surface area contributed by atoms with Gasteiger partial charge in [-0.15, -0.1) is 0 Å². The maximum atomic E-state index is 12.2. The number of amides is 1. The average molecular weight is 404 g/mol. The van der Waals surface area contributed by atoms with Crippen molar-refractivity contribution in [2.45, 2.75) is 24.0 Å². The van der Waals surface area contributed by atoms with Crippen molar-refractivity contribution in [3.63, 3.8) is 0 Å². The van der Waals surface area contributed by atoms with Gasteiger partial charge >= 0.3 is 5.97 Å². The molecule has 8 nitrogen and oxygen atoms in total. The molecule has 0 radical (unpaired) electrons. The zero-order valence-electron chi connectivity index (χ0n) is 15.4. The largest absolute Gasteiger partial charge is 0.478 e. The van der Waals surface area contributed by atoms with Crippen LogP contribution in [0.3, 0.4) is 0 Å². The number of ether oxygens (including phenoxy) is 2. The van der Waals surface area contributed by atoms with Gasteiger partial charge in [-0.1, -0.05) is 24.3 Å². The Bertz CT molecular complexity index is 1000. The van der Waals surface area contributed by atoms with Crippen molar-refractivity contribution in [1.82, 2.24) is 4.31 Å². The molecule has 1 unspecified atom stereocenters. The second-order valence-electron chi connectivity index (χ2n) is 6.39. The van der Waals surface area contributed by atoms with Crippen molar-refractivity contribution >= 4 is 27.6 Å². The lowest BCUT2D eigenvalue weighted by atomic mass is 10.1. The van der Waals surface area contributed by atoms with Gasteiger partial charge in [0.05, 0.1) is 17.0 Å². The van der Waals surface area contributed by atoms with Crippen molar-refractivity contribution in [1.29, 1.82) is 0 Å². The first kappa shape index (κ1) is 19.8. The molecule has 28 heavy (non-hydrogen) atoms. The van der Waals surface area contributed by atoms with E-state index in [0.717, 1.165) is 4.31 Å². The lowest BCUT2D eigenvalue weighted by Crippen LogP contribution is -2.38. The van der Waals surface area contributed by atoms with Crippen molar-refractivity contribution in [3.8, 4) is 5.75 Å². The molecule has 148 valence electrons. The molecular weight excluding hydrogens is 384 g/mol. The minimum absolute atomic E-state index is 0.109. The number of hydrogen-bond acceptors (Lipinski definition) is 6. The van der Waals surface area contributed by atoms with Crippen molar-refractivity contribution in [2.75, 3.05) is 19.4 Å². The van der Waals surface area contributed by atoms with E-state index in [4.69, 9.17) is 9.47 Å². The van der Waals surface area contributed by atoms with Crippen LogP contribution in [-0.4, -0.2) is 44.8 Å². The standard InChI is InChI=1S/C19H20N2O6S/c1-21(2)28(24,25)14-7-5-6-13(10-14)12-26-18(22)11-17-19(23)20-15-8-3-4-9-16(15)27-17/h3-10,17H,11-12H2,1-2H3,(H,20,23). The molecule has 1 heterocycles. The summed E-state index contributed by atoms with van der Waals surface area (Å²) in [6.07, 6.45) is -1.24. The highest BCUT2D eigenvalue weighted by molar-refractivity contribution is 7.89. The Morgan fingerprint density at radius 1 is 1.18 bits per heavy atom. The monoisotopic (exact) mass is 404 g/mol. The van der Waals surface area contributed by atoms with E-state index in [9.17, 15) is 18.0 Å². The van der Waals surface area contributed by atoms with E-state index in [2.05, 4.69) is 5.32 Å². The molecular formula is C19H20N2O6S. The average Bonchev–Trinajstić information content (AvgIpc) is 2.67. The summed E-state index contributed by atoms with van der Waals surface area (Å²) in [7, 11) is -0.697. The predicted octanol–water partition coefficient (Wildman–Crippen LogP) is 1.77. The zero-order chi connectivity index (χ0) is 20.3. The normalized spacial score (nSPS) is 16.1. The molecule has 1 aliphatic heterocycles. The molecule has 0 fully saturated rings. The summed E-state index contributed by atoms with van der Waals surface area (Å²) in [6, 6.07) is 13.1. The highest BCUT2D eigenvalue weighted by atomic mass is 32.2. The first-order valence-corrected chi connectivity index (χ1v) is 9.95. The second-order valence-corrected chi connectivity index (χ2v) is 8.54. The third-order valence-corrected chi connectivity index (χ3v) is 5.95. The van der Waals surface area contributed by atoms with Crippen molar-refractivity contribution < 1.29 is 27.5 Å². The Balaban J connectivity index is 1.60. The Labute approximate surface area is 163 Å². The van der Waals surface area contributed by atoms with E-state index in [1.165, 1.54) is 26.2 Å². The lowest BCUT2D eigenvalue weighted by Gasteiger charge is -2.25. The number of carbonyl (C=O) groups excluding carboxylic acids is 2. The van der Waals surface area contributed by atoms with Gasteiger partial charge in [0.1, 0.15) is 12.4 Å². The highest BCUT2D eigenvalue weighted by Gasteiger charge is 2.30. The highest BCUT2D eigenvalue weighted by Crippen LogP contribution is 2.29. The first-order valence-electron chi connectivity index (χ1n) is 8.51. The summed E-state index contributed by atoms with van der Waals surface area (Å²) < 4.78 is 36.2. The summed E-state index contributed by atoms with van der Waals surface area (Å²) in [5, 5.41) is 2.68. The Kier molecular flexibility index (Phi) is 5.66. The summed E-state index contributed by atoms with van der Waals surface area (Å²) >= 11 is 0. The number of rotatable bonds is 6. The third-order valence-electron chi connectivity index (χ3n) is 4.14. The predicted molar refractivity (Wildman–Crippen MR) is 101 cm³/mol. The number of para-hydroxylation sites is 2. The molecule has 0 saturated heterocycles. The molecule has 1 aliphatic rings. The summed E-state index contributed by atoms with van der Waals surface area (Å²) in [5.74, 6) is -0.559. The fourth-order valence-electron chi connectivity index (χ4n) is 2.61. The molecule has 0 saturated carbocycles. The van der Waals surface area contributed by atoms with Gasteiger partial charge in [0, 0.05) is 14.1 Å². The van der Waals surface area contributed by atoms with Crippen LogP contribution in [0.4, 0.5) is 5.69 Å². The maximum Gasteiger partial charge on any atom is 0.310 e. The van der Waals surface area contributed by atoms with E-state index in [0.29, 0.717) is 17.0 Å². The molecule has 0 spiro atoms. The van der Waals surface area contributed by atoms with Gasteiger partial charge in [-0.3, -0.25) is 9.59 Å². The smallest absolute Gasteiger partial charge is 0.310 e. The van der Waals surface area contributed by atoms with Crippen LogP contribution in [0.5, 0.6) is 5.75 Å². The van der Waals surface area contributed by atoms with Gasteiger partial charge in [0.15, 0.2) is 6.10 Å². The Morgan fingerprint density at radius 2 is 1.93 bits per heavy atom. The Morgan fingerprint density at radius 3 is 2.68 bits per heavy atom. The molecule has 0 aromatic heterocycles. The zero-order valence-corrected chi connectivity index (χ0v) is 16.2. The molecule has 1 amide bonds. The van der Waals surface area contributed by atoms with Gasteiger partial charge in [-0.05, 0) is 29.8 Å². The van der Waals surface area contributed by atoms with Crippen LogP contribution in [-0.2, 0) is 31.0 Å². The fraction of sp³-hybridized carbons (Fsp3) is 0.263. The van der Waals surface area contributed by atoms with Crippen LogP contribution in [0.2, 0.25) is 0 Å². The van der Waals surface area contributed by atoms with Crippen molar-refractivity contribution in [3.05, 3.63) is 54.1 Å². The minimum Gasteiger partial charge on any atom is -0.478 e. The molecule has 2 aromatic rings. The van der Waals surface area contributed by atoms with E-state index < -0.39 is 28.0 Å². The number of nitrogens with zero attached hydrogens (tertiary/aromatic N) is 1. The van der Waals surface area contributed by atoms with Gasteiger partial charge in [0.2, 0.25) is 10.0 Å². The van der Waals surface area contributed by atoms with Gasteiger partial charge in [0.25, 0.3) is 5.91 Å². The number of sulfonamides is 1. The maximum absolute atomic E-state index is 12.2. The molecule has 1 atom stereocenters. The molecule has 3 rings (SSSR count). The van der Waals surface area contributed by atoms with Crippen molar-refractivity contribution in [2.24, 2.45) is 0 Å². The van der Waals surface area contributed by atoms with Crippen LogP contribution < -0.4 is 10.1 Å². The fourth-order valence-corrected chi connectivity index (χ4v) is 3.58. The number of hydrogen-bond donors (Lipinski definition) is 1. The van der Waals surface area contributed by atoms with E-state index >= 15 is 0 Å². The number of anilines is 1. The first-order chi connectivity index (χ1) is 13.3. The third kappa shape index (κ3) is 4.32. The lowest BCUT2D eigenvalue weighted by molar-refractivity contribution is -0.149. The molecule has 0 bridgehead atoms. The SMILES string of the molecule is CN(C)S(=O)(=O)c1cccc(COC(=O)CC2Oc3ccccc3NC2=O)c1. The van der Waals surface area contributed by atoms with Crippen LogP contribution in [0.15, 0.2) is 53.4 Å². The topological polar surface area (TPSA) is 102 Å². The van der Waals surface area contributed by atoms with Crippen LogP contribution in [0.1, 0.15) is 12.0 Å². The number of benzene rings is 2. The summed E-state index contributed by atoms with van der Waals surface area (Å²) in [4.78, 5) is 24.3. The number of fused-ring (bicyclic) bond motifs is 1. The van der Waals surface area contributed by atoms with Gasteiger partial charge < -0.3 is 14.8 Å². The molecule has 0 aliphatic carbocycles. The number of nitrogens with one attached hydrogen (secondary N) is 1. The Hall–Kier alpha value is -2.91. The van der Waals surface area contributed by atoms with E-state index in [-0.39, 0.29) is 17.9 Å². The van der Waals surface area contributed by atoms with Gasteiger partial charge in [-0.25, -0.2) is 12.7 Å². The van der Waals surface area contributed by atoms with E-state index in [1.54, 1.807) is 36.4 Å².